The number of carbonyl (C=O) groups excluding carboxylic acids is 2. The largest absolute Gasteiger partial charge is 0.464 e. The lowest BCUT2D eigenvalue weighted by atomic mass is 10.2. The molecule has 0 radical (unpaired) electrons. The third kappa shape index (κ3) is 6.99. The third-order valence-electron chi connectivity index (χ3n) is 3.18. The highest BCUT2D eigenvalue weighted by atomic mass is 16.5. The van der Waals surface area contributed by atoms with Gasteiger partial charge in [0.1, 0.15) is 6.04 Å². The zero-order chi connectivity index (χ0) is 13.9. The highest BCUT2D eigenvalue weighted by Gasteiger charge is 2.28. The Morgan fingerprint density at radius 2 is 2.05 bits per heavy atom. The monoisotopic (exact) mass is 267 g/mol. The summed E-state index contributed by atoms with van der Waals surface area (Å²) in [6, 6.07) is -0.415. The molecular weight excluding hydrogens is 242 g/mol. The molecule has 1 amide bonds. The first-order valence-corrected chi connectivity index (χ1v) is 7.35. The van der Waals surface area contributed by atoms with E-state index in [1.165, 1.54) is 12.8 Å². The topological polar surface area (TPSA) is 55.4 Å². The van der Waals surface area contributed by atoms with Gasteiger partial charge in [0.15, 0.2) is 0 Å². The molecule has 0 bridgehead atoms. The summed E-state index contributed by atoms with van der Waals surface area (Å²) in [5.41, 5.74) is 0. The molecule has 4 heteroatoms. The van der Waals surface area contributed by atoms with Crippen LogP contribution in [0.15, 0.2) is 12.2 Å². The Morgan fingerprint density at radius 3 is 2.68 bits per heavy atom. The number of hydrogen-bond donors (Lipinski definition) is 1. The maximum absolute atomic E-state index is 11.5. The number of hydrogen-bond acceptors (Lipinski definition) is 3. The molecule has 1 rings (SSSR count). The van der Waals surface area contributed by atoms with Crippen LogP contribution in [0, 0.1) is 0 Å². The number of nitrogens with one attached hydrogen (secondary N) is 1. The summed E-state index contributed by atoms with van der Waals surface area (Å²) in [4.78, 5) is 22.5. The molecule has 1 saturated heterocycles. The van der Waals surface area contributed by atoms with Crippen molar-refractivity contribution in [3.05, 3.63) is 12.2 Å². The van der Waals surface area contributed by atoms with E-state index in [4.69, 9.17) is 4.74 Å². The van der Waals surface area contributed by atoms with E-state index in [0.29, 0.717) is 19.4 Å². The van der Waals surface area contributed by atoms with Gasteiger partial charge in [0.05, 0.1) is 6.61 Å². The summed E-state index contributed by atoms with van der Waals surface area (Å²) >= 11 is 0. The maximum Gasteiger partial charge on any atom is 0.328 e. The van der Waals surface area contributed by atoms with E-state index in [-0.39, 0.29) is 11.9 Å². The van der Waals surface area contributed by atoms with Crippen molar-refractivity contribution in [2.24, 2.45) is 0 Å². The maximum atomic E-state index is 11.5. The van der Waals surface area contributed by atoms with Crippen LogP contribution in [-0.4, -0.2) is 24.5 Å². The van der Waals surface area contributed by atoms with Gasteiger partial charge in [0.2, 0.25) is 5.91 Å². The van der Waals surface area contributed by atoms with Crippen LogP contribution in [0.3, 0.4) is 0 Å². The van der Waals surface area contributed by atoms with Crippen LogP contribution in [-0.2, 0) is 14.3 Å². The molecule has 0 saturated carbocycles. The fraction of sp³-hybridized carbons (Fsp3) is 0.733. The molecule has 1 fully saturated rings. The van der Waals surface area contributed by atoms with Crippen molar-refractivity contribution in [1.82, 2.24) is 5.32 Å². The minimum absolute atomic E-state index is 0.0563. The number of rotatable bonds is 9. The first kappa shape index (κ1) is 15.7. The van der Waals surface area contributed by atoms with E-state index in [0.717, 1.165) is 25.7 Å². The highest BCUT2D eigenvalue weighted by Crippen LogP contribution is 2.08. The van der Waals surface area contributed by atoms with Gasteiger partial charge in [0.25, 0.3) is 0 Å². The van der Waals surface area contributed by atoms with Crippen LogP contribution in [0.25, 0.3) is 0 Å². The first-order valence-electron chi connectivity index (χ1n) is 7.35. The second-order valence-corrected chi connectivity index (χ2v) is 4.94. The quantitative estimate of drug-likeness (QED) is 0.397. The van der Waals surface area contributed by atoms with Crippen LogP contribution in [0.1, 0.15) is 58.3 Å². The van der Waals surface area contributed by atoms with Crippen LogP contribution >= 0.6 is 0 Å². The molecule has 108 valence electrons. The van der Waals surface area contributed by atoms with E-state index in [1.54, 1.807) is 0 Å². The van der Waals surface area contributed by atoms with Crippen LogP contribution < -0.4 is 5.32 Å². The Morgan fingerprint density at radius 1 is 1.32 bits per heavy atom. The van der Waals surface area contributed by atoms with Gasteiger partial charge >= 0.3 is 5.97 Å². The van der Waals surface area contributed by atoms with Gasteiger partial charge in [-0.2, -0.15) is 0 Å². The van der Waals surface area contributed by atoms with Gasteiger partial charge < -0.3 is 10.1 Å². The Hall–Kier alpha value is -1.32. The number of allylic oxidation sites excluding steroid dienone is 2. The van der Waals surface area contributed by atoms with Crippen LogP contribution in [0.2, 0.25) is 0 Å². The van der Waals surface area contributed by atoms with Crippen molar-refractivity contribution in [3.63, 3.8) is 0 Å². The Kier molecular flexibility index (Phi) is 7.94. The molecule has 19 heavy (non-hydrogen) atoms. The predicted molar refractivity (Wildman–Crippen MR) is 74.6 cm³/mol. The molecule has 4 nitrogen and oxygen atoms in total. The fourth-order valence-electron chi connectivity index (χ4n) is 1.99. The minimum atomic E-state index is -0.415. The smallest absolute Gasteiger partial charge is 0.328 e. The summed E-state index contributed by atoms with van der Waals surface area (Å²) in [6.07, 6.45) is 12.0. The van der Waals surface area contributed by atoms with Gasteiger partial charge in [-0.3, -0.25) is 4.79 Å². The molecule has 1 heterocycles. The summed E-state index contributed by atoms with van der Waals surface area (Å²) < 4.78 is 5.14. The zero-order valence-electron chi connectivity index (χ0n) is 11.8. The zero-order valence-corrected chi connectivity index (χ0v) is 11.8. The Bertz CT molecular complexity index is 313. The number of carbonyl (C=O) groups is 2. The van der Waals surface area contributed by atoms with Gasteiger partial charge in [-0.15, -0.1) is 0 Å². The van der Waals surface area contributed by atoms with Gasteiger partial charge in [-0.1, -0.05) is 31.9 Å². The lowest BCUT2D eigenvalue weighted by Crippen LogP contribution is -2.34. The average molecular weight is 267 g/mol. The lowest BCUT2D eigenvalue weighted by molar-refractivity contribution is -0.146. The molecule has 0 aromatic rings. The minimum Gasteiger partial charge on any atom is -0.464 e. The standard InChI is InChI=1S/C15H25NO3/c1-2-3-4-5-6-7-8-9-12-19-15(18)13-10-11-14(17)16-13/h5-6,13H,2-4,7-12H2,1H3,(H,16,17)/b6-5+/t13-/m0/s1. The van der Waals surface area contributed by atoms with Crippen molar-refractivity contribution in [1.29, 1.82) is 0 Å². The van der Waals surface area contributed by atoms with E-state index < -0.39 is 6.04 Å². The summed E-state index contributed by atoms with van der Waals surface area (Å²) in [5.74, 6) is -0.344. The average Bonchev–Trinajstić information content (AvgIpc) is 2.83. The third-order valence-corrected chi connectivity index (χ3v) is 3.18. The summed E-state index contributed by atoms with van der Waals surface area (Å²) in [6.45, 7) is 2.64. The SMILES string of the molecule is CCCC/C=C/CCCCOC(=O)[C@@H]1CCC(=O)N1. The van der Waals surface area contributed by atoms with Crippen molar-refractivity contribution in [2.75, 3.05) is 6.61 Å². The van der Waals surface area contributed by atoms with Gasteiger partial charge in [-0.05, 0) is 32.1 Å². The summed E-state index contributed by atoms with van der Waals surface area (Å²) in [5, 5.41) is 2.61. The number of unbranched alkanes of at least 4 members (excludes halogenated alkanes) is 4. The summed E-state index contributed by atoms with van der Waals surface area (Å²) in [7, 11) is 0. The van der Waals surface area contributed by atoms with E-state index in [9.17, 15) is 9.59 Å². The lowest BCUT2D eigenvalue weighted by Gasteiger charge is -2.09. The second kappa shape index (κ2) is 9.59. The van der Waals surface area contributed by atoms with Crippen molar-refractivity contribution in [3.8, 4) is 0 Å². The van der Waals surface area contributed by atoms with Crippen molar-refractivity contribution in [2.45, 2.75) is 64.3 Å². The van der Waals surface area contributed by atoms with Crippen LogP contribution in [0.4, 0.5) is 0 Å². The Labute approximate surface area is 115 Å². The number of esters is 1. The van der Waals surface area contributed by atoms with E-state index in [2.05, 4.69) is 24.4 Å². The van der Waals surface area contributed by atoms with Gasteiger partial charge in [0, 0.05) is 6.42 Å². The second-order valence-electron chi connectivity index (χ2n) is 4.94. The van der Waals surface area contributed by atoms with Crippen molar-refractivity contribution < 1.29 is 14.3 Å². The molecule has 1 N–H and O–H groups in total. The van der Waals surface area contributed by atoms with Gasteiger partial charge in [-0.25, -0.2) is 4.79 Å². The fourth-order valence-corrected chi connectivity index (χ4v) is 1.99. The molecule has 1 atom stereocenters. The highest BCUT2D eigenvalue weighted by molar-refractivity contribution is 5.87. The molecule has 1 aliphatic heterocycles. The normalized spacial score (nSPS) is 18.8. The Balaban J connectivity index is 1.94. The predicted octanol–water partition coefficient (Wildman–Crippen LogP) is 2.72. The molecule has 0 unspecified atom stereocenters. The van der Waals surface area contributed by atoms with E-state index >= 15 is 0 Å². The van der Waals surface area contributed by atoms with E-state index in [1.807, 2.05) is 0 Å². The molecule has 0 aromatic heterocycles. The molecule has 1 aliphatic rings. The molecule has 0 spiro atoms. The first-order chi connectivity index (χ1) is 9.24. The number of amides is 1. The molecule has 0 aliphatic carbocycles. The molecule has 0 aromatic carbocycles. The van der Waals surface area contributed by atoms with Crippen LogP contribution in [0.5, 0.6) is 0 Å². The molecular formula is C15H25NO3. The number of ether oxygens (including phenoxy) is 1. The van der Waals surface area contributed by atoms with Crippen molar-refractivity contribution >= 4 is 11.9 Å².